The Morgan fingerprint density at radius 3 is 3.07 bits per heavy atom. The fourth-order valence-electron chi connectivity index (χ4n) is 1.37. The van der Waals surface area contributed by atoms with E-state index in [4.69, 9.17) is 0 Å². The van der Waals surface area contributed by atoms with Gasteiger partial charge in [0.15, 0.2) is 0 Å². The second-order valence-electron chi connectivity index (χ2n) is 3.71. The predicted octanol–water partition coefficient (Wildman–Crippen LogP) is 1.61. The third-order valence-electron chi connectivity index (χ3n) is 2.01. The molecule has 0 aliphatic heterocycles. The average molecular weight is 193 g/mol. The lowest BCUT2D eigenvalue weighted by atomic mass is 10.2. The van der Waals surface area contributed by atoms with E-state index >= 15 is 0 Å². The second kappa shape index (κ2) is 5.60. The van der Waals surface area contributed by atoms with Gasteiger partial charge in [-0.25, -0.2) is 0 Å². The van der Waals surface area contributed by atoms with Crippen LogP contribution >= 0.6 is 0 Å². The number of rotatable bonds is 6. The molecule has 0 bridgehead atoms. The zero-order chi connectivity index (χ0) is 10.4. The van der Waals surface area contributed by atoms with Crippen LogP contribution in [0, 0.1) is 0 Å². The molecule has 0 radical (unpaired) electrons. The molecule has 1 aromatic heterocycles. The fourth-order valence-corrected chi connectivity index (χ4v) is 1.37. The second-order valence-corrected chi connectivity index (χ2v) is 3.71. The SMILES string of the molecule is C=C(C)Cn1cc(CCCNC)cn1. The molecule has 0 atom stereocenters. The summed E-state index contributed by atoms with van der Waals surface area (Å²) in [6.07, 6.45) is 6.30. The van der Waals surface area contributed by atoms with Crippen molar-refractivity contribution in [3.63, 3.8) is 0 Å². The molecule has 0 amide bonds. The van der Waals surface area contributed by atoms with Crippen LogP contribution in [0.5, 0.6) is 0 Å². The number of hydrogen-bond donors (Lipinski definition) is 1. The number of nitrogens with zero attached hydrogens (tertiary/aromatic N) is 2. The molecule has 3 heteroatoms. The van der Waals surface area contributed by atoms with Crippen molar-refractivity contribution in [3.8, 4) is 0 Å². The molecule has 1 aromatic rings. The number of allylic oxidation sites excluding steroid dienone is 1. The van der Waals surface area contributed by atoms with E-state index in [-0.39, 0.29) is 0 Å². The number of nitrogens with one attached hydrogen (secondary N) is 1. The van der Waals surface area contributed by atoms with E-state index in [1.54, 1.807) is 0 Å². The van der Waals surface area contributed by atoms with Crippen LogP contribution in [-0.2, 0) is 13.0 Å². The quantitative estimate of drug-likeness (QED) is 0.549. The monoisotopic (exact) mass is 193 g/mol. The third kappa shape index (κ3) is 3.75. The molecule has 78 valence electrons. The first-order chi connectivity index (χ1) is 6.72. The maximum absolute atomic E-state index is 4.27. The highest BCUT2D eigenvalue weighted by molar-refractivity contribution is 5.05. The number of hydrogen-bond acceptors (Lipinski definition) is 2. The van der Waals surface area contributed by atoms with E-state index in [1.807, 2.05) is 24.9 Å². The molecule has 0 saturated heterocycles. The molecular formula is C11H19N3. The van der Waals surface area contributed by atoms with Gasteiger partial charge >= 0.3 is 0 Å². The summed E-state index contributed by atoms with van der Waals surface area (Å²) in [6, 6.07) is 0. The molecule has 1 rings (SSSR count). The molecule has 1 heterocycles. The largest absolute Gasteiger partial charge is 0.320 e. The molecule has 0 fully saturated rings. The van der Waals surface area contributed by atoms with E-state index in [9.17, 15) is 0 Å². The Kier molecular flexibility index (Phi) is 4.40. The summed E-state index contributed by atoms with van der Waals surface area (Å²) in [5.41, 5.74) is 2.44. The van der Waals surface area contributed by atoms with Crippen molar-refractivity contribution in [3.05, 3.63) is 30.1 Å². The molecule has 14 heavy (non-hydrogen) atoms. The van der Waals surface area contributed by atoms with Crippen molar-refractivity contribution < 1.29 is 0 Å². The maximum Gasteiger partial charge on any atom is 0.0614 e. The minimum Gasteiger partial charge on any atom is -0.320 e. The Morgan fingerprint density at radius 1 is 1.64 bits per heavy atom. The van der Waals surface area contributed by atoms with Crippen molar-refractivity contribution >= 4 is 0 Å². The summed E-state index contributed by atoms with van der Waals surface area (Å²) in [5.74, 6) is 0. The minimum atomic E-state index is 0.825. The zero-order valence-corrected chi connectivity index (χ0v) is 9.08. The van der Waals surface area contributed by atoms with Gasteiger partial charge in [-0.05, 0) is 38.9 Å². The van der Waals surface area contributed by atoms with E-state index in [1.165, 1.54) is 5.56 Å². The van der Waals surface area contributed by atoms with Gasteiger partial charge in [0, 0.05) is 6.20 Å². The van der Waals surface area contributed by atoms with Gasteiger partial charge in [-0.15, -0.1) is 0 Å². The van der Waals surface area contributed by atoms with E-state index < -0.39 is 0 Å². The smallest absolute Gasteiger partial charge is 0.0614 e. The van der Waals surface area contributed by atoms with Crippen molar-refractivity contribution in [2.45, 2.75) is 26.3 Å². The van der Waals surface area contributed by atoms with Gasteiger partial charge in [-0.2, -0.15) is 5.10 Å². The lowest BCUT2D eigenvalue weighted by Gasteiger charge is -1.99. The van der Waals surface area contributed by atoms with E-state index in [2.05, 4.69) is 23.2 Å². The molecule has 0 saturated carbocycles. The summed E-state index contributed by atoms with van der Waals surface area (Å²) in [7, 11) is 1.98. The van der Waals surface area contributed by atoms with Gasteiger partial charge in [0.05, 0.1) is 12.7 Å². The van der Waals surface area contributed by atoms with Crippen LogP contribution in [0.4, 0.5) is 0 Å². The molecule has 0 aromatic carbocycles. The molecular weight excluding hydrogens is 174 g/mol. The Hall–Kier alpha value is -1.09. The third-order valence-corrected chi connectivity index (χ3v) is 2.01. The molecule has 0 aliphatic rings. The highest BCUT2D eigenvalue weighted by Gasteiger charge is 1.98. The van der Waals surface area contributed by atoms with Crippen LogP contribution in [-0.4, -0.2) is 23.4 Å². The first-order valence-corrected chi connectivity index (χ1v) is 5.02. The summed E-state index contributed by atoms with van der Waals surface area (Å²) in [6.45, 7) is 7.77. The molecule has 0 spiro atoms. The zero-order valence-electron chi connectivity index (χ0n) is 9.08. The van der Waals surface area contributed by atoms with E-state index in [0.717, 1.165) is 31.5 Å². The van der Waals surface area contributed by atoms with E-state index in [0.29, 0.717) is 0 Å². The van der Waals surface area contributed by atoms with Gasteiger partial charge in [0.2, 0.25) is 0 Å². The first kappa shape index (κ1) is 11.0. The number of aryl methyl sites for hydroxylation is 1. The van der Waals surface area contributed by atoms with Gasteiger partial charge in [-0.1, -0.05) is 12.2 Å². The Bertz CT molecular complexity index is 288. The van der Waals surface area contributed by atoms with Crippen LogP contribution in [0.1, 0.15) is 18.9 Å². The highest BCUT2D eigenvalue weighted by Crippen LogP contribution is 2.03. The van der Waals surface area contributed by atoms with Crippen molar-refractivity contribution in [2.24, 2.45) is 0 Å². The van der Waals surface area contributed by atoms with Gasteiger partial charge in [0.1, 0.15) is 0 Å². The fraction of sp³-hybridized carbons (Fsp3) is 0.545. The summed E-state index contributed by atoms with van der Waals surface area (Å²) >= 11 is 0. The van der Waals surface area contributed by atoms with Crippen molar-refractivity contribution in [1.82, 2.24) is 15.1 Å². The van der Waals surface area contributed by atoms with Crippen LogP contribution in [0.25, 0.3) is 0 Å². The highest BCUT2D eigenvalue weighted by atomic mass is 15.3. The van der Waals surface area contributed by atoms with Gasteiger partial charge in [0.25, 0.3) is 0 Å². The summed E-state index contributed by atoms with van der Waals surface area (Å²) in [4.78, 5) is 0. The Balaban J connectivity index is 2.38. The predicted molar refractivity (Wildman–Crippen MR) is 59.3 cm³/mol. The first-order valence-electron chi connectivity index (χ1n) is 5.02. The van der Waals surface area contributed by atoms with Crippen molar-refractivity contribution in [2.75, 3.05) is 13.6 Å². The lowest BCUT2D eigenvalue weighted by molar-refractivity contribution is 0.676. The van der Waals surface area contributed by atoms with Crippen LogP contribution in [0.3, 0.4) is 0 Å². The molecule has 3 nitrogen and oxygen atoms in total. The molecule has 0 aliphatic carbocycles. The molecule has 1 N–H and O–H groups in total. The van der Waals surface area contributed by atoms with Crippen LogP contribution in [0.2, 0.25) is 0 Å². The normalized spacial score (nSPS) is 10.4. The van der Waals surface area contributed by atoms with Crippen molar-refractivity contribution in [1.29, 1.82) is 0 Å². The standard InChI is InChI=1S/C11H19N3/c1-10(2)8-14-9-11(7-13-14)5-4-6-12-3/h7,9,12H,1,4-6,8H2,2-3H3. The lowest BCUT2D eigenvalue weighted by Crippen LogP contribution is -2.08. The summed E-state index contributed by atoms with van der Waals surface area (Å²) in [5, 5.41) is 7.41. The number of aromatic nitrogens is 2. The van der Waals surface area contributed by atoms with Crippen LogP contribution < -0.4 is 5.32 Å². The van der Waals surface area contributed by atoms with Gasteiger partial charge in [-0.3, -0.25) is 4.68 Å². The topological polar surface area (TPSA) is 29.9 Å². The summed E-state index contributed by atoms with van der Waals surface area (Å²) < 4.78 is 1.94. The molecule has 0 unspecified atom stereocenters. The average Bonchev–Trinajstić information content (AvgIpc) is 2.52. The maximum atomic E-state index is 4.27. The minimum absolute atomic E-state index is 0.825. The van der Waals surface area contributed by atoms with Crippen LogP contribution in [0.15, 0.2) is 24.5 Å². The van der Waals surface area contributed by atoms with Gasteiger partial charge < -0.3 is 5.32 Å². The Labute approximate surface area is 85.8 Å². The Morgan fingerprint density at radius 2 is 2.43 bits per heavy atom.